The Morgan fingerprint density at radius 3 is 1.58 bits per heavy atom. The summed E-state index contributed by atoms with van der Waals surface area (Å²) >= 11 is 0. The summed E-state index contributed by atoms with van der Waals surface area (Å²) in [4.78, 5) is 35.8. The molecule has 10 atom stereocenters. The second-order valence-corrected chi connectivity index (χ2v) is 17.6. The first kappa shape index (κ1) is 60.0. The molecule has 0 bridgehead atoms. The van der Waals surface area contributed by atoms with Crippen molar-refractivity contribution in [2.75, 3.05) is 13.2 Å². The fourth-order valence-corrected chi connectivity index (χ4v) is 7.47. The SMILES string of the molecule is CC/C=C\C/C=C\C/C=C\C/C=C\CCCCCCC(=O)O[C@H](COC(=O)CCCC(O)C(O)C/C=C\C/C=C\C/C=C\CCCCC)COP(=O)(O)OC1[C@H](O)[C@H](O)C(O)[C@H](O)[C@H]1O. The van der Waals surface area contributed by atoms with Gasteiger partial charge in [0.15, 0.2) is 6.10 Å². The molecule has 5 unspecified atom stereocenters. The third-order valence-electron chi connectivity index (χ3n) is 10.4. The zero-order valence-corrected chi connectivity index (χ0v) is 39.6. The van der Waals surface area contributed by atoms with Crippen LogP contribution in [-0.4, -0.2) is 121 Å². The van der Waals surface area contributed by atoms with Crippen LogP contribution >= 0.6 is 7.82 Å². The van der Waals surface area contributed by atoms with Gasteiger partial charge in [-0.1, -0.05) is 125 Å². The van der Waals surface area contributed by atoms with Crippen LogP contribution < -0.4 is 0 Å². The van der Waals surface area contributed by atoms with E-state index in [1.54, 1.807) is 6.08 Å². The van der Waals surface area contributed by atoms with Gasteiger partial charge in [-0.25, -0.2) is 4.57 Å². The summed E-state index contributed by atoms with van der Waals surface area (Å²) in [6, 6.07) is 0. The normalized spacial score (nSPS) is 23.2. The average molecular weight is 941 g/mol. The zero-order chi connectivity index (χ0) is 48.1. The molecule has 0 saturated heterocycles. The lowest BCUT2D eigenvalue weighted by atomic mass is 9.85. The van der Waals surface area contributed by atoms with Crippen molar-refractivity contribution >= 4 is 19.8 Å². The van der Waals surface area contributed by atoms with E-state index in [1.807, 2.05) is 12.2 Å². The molecule has 0 heterocycles. The van der Waals surface area contributed by atoms with Crippen molar-refractivity contribution in [3.05, 3.63) is 85.1 Å². The van der Waals surface area contributed by atoms with Gasteiger partial charge in [-0.2, -0.15) is 0 Å². The maximum absolute atomic E-state index is 12.8. The Labute approximate surface area is 387 Å². The van der Waals surface area contributed by atoms with Crippen LogP contribution in [0, 0.1) is 0 Å². The lowest BCUT2D eigenvalue weighted by Gasteiger charge is -2.41. The highest BCUT2D eigenvalue weighted by Crippen LogP contribution is 2.47. The number of phosphoric acid groups is 1. The Bertz CT molecular complexity index is 1490. The number of ether oxygens (including phenoxy) is 2. The lowest BCUT2D eigenvalue weighted by molar-refractivity contribution is -0.220. The number of carbonyl (C=O) groups is 2. The molecule has 0 aliphatic heterocycles. The smallest absolute Gasteiger partial charge is 0.462 e. The number of carbonyl (C=O) groups excluding carboxylic acids is 2. The molecule has 0 aromatic heterocycles. The first-order valence-electron chi connectivity index (χ1n) is 23.6. The van der Waals surface area contributed by atoms with Crippen molar-refractivity contribution in [3.8, 4) is 0 Å². The molecule has 1 fully saturated rings. The third kappa shape index (κ3) is 30.1. The molecular weight excluding hydrogens is 859 g/mol. The molecule has 15 nitrogen and oxygen atoms in total. The molecule has 0 aromatic rings. The molecule has 372 valence electrons. The van der Waals surface area contributed by atoms with Gasteiger partial charge in [0.1, 0.15) is 43.2 Å². The summed E-state index contributed by atoms with van der Waals surface area (Å²) in [5.41, 5.74) is 0. The fraction of sp³-hybridized carbons (Fsp3) is 0.673. The van der Waals surface area contributed by atoms with Gasteiger partial charge in [0.05, 0.1) is 18.8 Å². The van der Waals surface area contributed by atoms with Crippen LogP contribution in [0.15, 0.2) is 85.1 Å². The highest BCUT2D eigenvalue weighted by Gasteiger charge is 2.51. The quantitative estimate of drug-likeness (QED) is 0.0133. The van der Waals surface area contributed by atoms with Crippen LogP contribution in [0.1, 0.15) is 142 Å². The van der Waals surface area contributed by atoms with Crippen molar-refractivity contribution in [3.63, 3.8) is 0 Å². The second kappa shape index (κ2) is 38.0. The average Bonchev–Trinajstić information content (AvgIpc) is 3.28. The van der Waals surface area contributed by atoms with E-state index in [0.29, 0.717) is 12.8 Å². The number of phosphoric ester groups is 1. The number of aliphatic hydroxyl groups is 7. The maximum Gasteiger partial charge on any atom is 0.472 e. The van der Waals surface area contributed by atoms with E-state index in [4.69, 9.17) is 18.5 Å². The fourth-order valence-electron chi connectivity index (χ4n) is 6.50. The minimum Gasteiger partial charge on any atom is -0.462 e. The molecule has 1 aliphatic rings. The van der Waals surface area contributed by atoms with Gasteiger partial charge in [0.2, 0.25) is 0 Å². The second-order valence-electron chi connectivity index (χ2n) is 16.2. The Balaban J connectivity index is 2.59. The molecule has 0 spiro atoms. The van der Waals surface area contributed by atoms with E-state index < -0.39 is 87.9 Å². The highest BCUT2D eigenvalue weighted by atomic mass is 31.2. The summed E-state index contributed by atoms with van der Waals surface area (Å²) in [6.07, 6.45) is 27.8. The number of hydrogen-bond acceptors (Lipinski definition) is 14. The Morgan fingerprint density at radius 1 is 0.554 bits per heavy atom. The predicted molar refractivity (Wildman–Crippen MR) is 251 cm³/mol. The van der Waals surface area contributed by atoms with Gasteiger partial charge in [0.25, 0.3) is 0 Å². The summed E-state index contributed by atoms with van der Waals surface area (Å²) in [6.45, 7) is 2.87. The molecule has 0 radical (unpaired) electrons. The number of aliphatic hydroxyl groups excluding tert-OH is 7. The van der Waals surface area contributed by atoms with Gasteiger partial charge < -0.3 is 50.1 Å². The largest absolute Gasteiger partial charge is 0.472 e. The Kier molecular flexibility index (Phi) is 35.0. The van der Waals surface area contributed by atoms with E-state index in [0.717, 1.165) is 64.2 Å². The van der Waals surface area contributed by atoms with Crippen LogP contribution in [0.4, 0.5) is 0 Å². The molecule has 16 heteroatoms. The van der Waals surface area contributed by atoms with Crippen LogP contribution in [0.5, 0.6) is 0 Å². The minimum absolute atomic E-state index is 0.00320. The lowest BCUT2D eigenvalue weighted by Crippen LogP contribution is -2.64. The van der Waals surface area contributed by atoms with Crippen molar-refractivity contribution < 1.29 is 73.3 Å². The molecule has 65 heavy (non-hydrogen) atoms. The van der Waals surface area contributed by atoms with Gasteiger partial charge in [-0.15, -0.1) is 0 Å². The summed E-state index contributed by atoms with van der Waals surface area (Å²) in [5.74, 6) is -1.42. The Morgan fingerprint density at radius 2 is 1.03 bits per heavy atom. The van der Waals surface area contributed by atoms with Crippen LogP contribution in [0.25, 0.3) is 0 Å². The van der Waals surface area contributed by atoms with Crippen molar-refractivity contribution in [2.24, 2.45) is 0 Å². The monoisotopic (exact) mass is 941 g/mol. The van der Waals surface area contributed by atoms with E-state index in [1.165, 1.54) is 19.3 Å². The van der Waals surface area contributed by atoms with E-state index in [9.17, 15) is 54.8 Å². The third-order valence-corrected chi connectivity index (χ3v) is 11.4. The van der Waals surface area contributed by atoms with Crippen LogP contribution in [0.2, 0.25) is 0 Å². The predicted octanol–water partition coefficient (Wildman–Crippen LogP) is 7.22. The zero-order valence-electron chi connectivity index (χ0n) is 38.7. The number of esters is 2. The number of unbranched alkanes of at least 4 members (excludes halogenated alkanes) is 7. The minimum atomic E-state index is -5.20. The molecule has 1 rings (SSSR count). The Hall–Kier alpha value is -3.05. The summed E-state index contributed by atoms with van der Waals surface area (Å²) < 4.78 is 33.3. The number of allylic oxidation sites excluding steroid dienone is 13. The van der Waals surface area contributed by atoms with Gasteiger partial charge in [-0.3, -0.25) is 18.6 Å². The van der Waals surface area contributed by atoms with E-state index in [-0.39, 0.29) is 32.1 Å². The van der Waals surface area contributed by atoms with Crippen LogP contribution in [-0.2, 0) is 32.7 Å². The molecule has 0 aromatic carbocycles. The first-order valence-corrected chi connectivity index (χ1v) is 25.1. The summed E-state index contributed by atoms with van der Waals surface area (Å²) in [5, 5.41) is 70.9. The maximum atomic E-state index is 12.8. The van der Waals surface area contributed by atoms with Crippen molar-refractivity contribution in [2.45, 2.75) is 197 Å². The van der Waals surface area contributed by atoms with Crippen molar-refractivity contribution in [1.82, 2.24) is 0 Å². The standard InChI is InChI=1S/C49H81O15P/c1-3-5-7-9-11-13-15-17-18-19-20-21-23-25-27-29-31-35-43(53)63-39(38-62-65(59,60)64-49-47(57)45(55)44(54)46(56)48(49)58)37-61-42(52)36-32-34-41(51)40(50)33-30-28-26-24-22-16-14-12-10-8-6-4-2/h5,7,11-14,17-18,20-22,24,28,30,39-41,44-51,54-58H,3-4,6,8-10,15-16,19,23,25-27,29,31-38H2,1-2H3,(H,59,60)/b7-5-,13-11-,14-12-,18-17-,21-20-,24-22-,30-28-/t39-,40?,41?,44?,45-,46+,47-,48-,49?/m1/s1. The van der Waals surface area contributed by atoms with E-state index >= 15 is 0 Å². The molecular formula is C49H81O15P. The highest BCUT2D eigenvalue weighted by molar-refractivity contribution is 7.47. The van der Waals surface area contributed by atoms with Gasteiger partial charge in [0, 0.05) is 12.8 Å². The molecule has 0 amide bonds. The topological polar surface area (TPSA) is 250 Å². The number of hydrogen-bond donors (Lipinski definition) is 8. The molecule has 8 N–H and O–H groups in total. The molecule has 1 aliphatic carbocycles. The van der Waals surface area contributed by atoms with Crippen LogP contribution in [0.3, 0.4) is 0 Å². The number of rotatable bonds is 37. The summed E-state index contributed by atoms with van der Waals surface area (Å²) in [7, 11) is -5.20. The molecule has 1 saturated carbocycles. The van der Waals surface area contributed by atoms with Gasteiger partial charge in [-0.05, 0) is 89.9 Å². The van der Waals surface area contributed by atoms with E-state index in [2.05, 4.69) is 80.7 Å². The van der Waals surface area contributed by atoms with Gasteiger partial charge >= 0.3 is 19.8 Å². The van der Waals surface area contributed by atoms with Crippen molar-refractivity contribution in [1.29, 1.82) is 0 Å². The first-order chi connectivity index (χ1) is 31.2.